The summed E-state index contributed by atoms with van der Waals surface area (Å²) in [7, 11) is 0. The third kappa shape index (κ3) is 6.34. The van der Waals surface area contributed by atoms with Crippen LogP contribution in [0.2, 0.25) is 0 Å². The molecule has 2 atom stereocenters. The smallest absolute Gasteiger partial charge is 0.315 e. The van der Waals surface area contributed by atoms with E-state index in [-0.39, 0.29) is 18.1 Å². The van der Waals surface area contributed by atoms with Crippen molar-refractivity contribution >= 4 is 6.03 Å². The molecular weight excluding hydrogens is 366 g/mol. The second-order valence-corrected chi connectivity index (χ2v) is 7.20. The summed E-state index contributed by atoms with van der Waals surface area (Å²) in [6.07, 6.45) is 3.10. The van der Waals surface area contributed by atoms with Crippen LogP contribution in [-0.4, -0.2) is 26.8 Å². The molecule has 0 bridgehead atoms. The highest BCUT2D eigenvalue weighted by Gasteiger charge is 2.12. The summed E-state index contributed by atoms with van der Waals surface area (Å²) in [5.41, 5.74) is 3.36. The number of aromatic nitrogens is 3. The van der Waals surface area contributed by atoms with E-state index in [9.17, 15) is 4.79 Å². The number of hydrogen-bond acceptors (Lipinski definition) is 4. The molecule has 2 amide bonds. The van der Waals surface area contributed by atoms with Crippen LogP contribution in [0.15, 0.2) is 61.2 Å². The Morgan fingerprint density at radius 1 is 1.14 bits per heavy atom. The second-order valence-electron chi connectivity index (χ2n) is 7.20. The minimum absolute atomic E-state index is 0.0682. The second kappa shape index (κ2) is 9.73. The summed E-state index contributed by atoms with van der Waals surface area (Å²) in [5, 5.41) is 9.90. The third-order valence-electron chi connectivity index (χ3n) is 4.52. The van der Waals surface area contributed by atoms with Crippen molar-refractivity contribution in [3.63, 3.8) is 0 Å². The fourth-order valence-corrected chi connectivity index (χ4v) is 3.02. The molecule has 3 aromatic rings. The predicted molar refractivity (Wildman–Crippen MR) is 112 cm³/mol. The highest BCUT2D eigenvalue weighted by Crippen LogP contribution is 2.19. The predicted octanol–water partition coefficient (Wildman–Crippen LogP) is 3.61. The molecule has 1 heterocycles. The fourth-order valence-electron chi connectivity index (χ4n) is 3.02. The molecule has 2 N–H and O–H groups in total. The molecular formula is C22H27N5O2. The average Bonchev–Trinajstić information content (AvgIpc) is 3.19. The quantitative estimate of drug-likeness (QED) is 0.613. The number of amides is 2. The minimum atomic E-state index is -0.218. The van der Waals surface area contributed by atoms with Crippen LogP contribution in [0.5, 0.6) is 5.75 Å². The zero-order valence-electron chi connectivity index (χ0n) is 17.0. The van der Waals surface area contributed by atoms with E-state index in [2.05, 4.69) is 45.8 Å². The highest BCUT2D eigenvalue weighted by molar-refractivity contribution is 5.74. The van der Waals surface area contributed by atoms with E-state index in [0.29, 0.717) is 13.2 Å². The average molecular weight is 393 g/mol. The molecule has 0 aliphatic carbocycles. The van der Waals surface area contributed by atoms with Crippen LogP contribution in [0.25, 0.3) is 0 Å². The first-order valence-corrected chi connectivity index (χ1v) is 9.67. The molecule has 3 rings (SSSR count). The van der Waals surface area contributed by atoms with E-state index >= 15 is 0 Å². The van der Waals surface area contributed by atoms with Crippen LogP contribution in [0, 0.1) is 6.92 Å². The van der Waals surface area contributed by atoms with Gasteiger partial charge in [0.1, 0.15) is 25.0 Å². The molecule has 152 valence electrons. The van der Waals surface area contributed by atoms with Gasteiger partial charge in [0, 0.05) is 6.04 Å². The first kappa shape index (κ1) is 20.4. The molecule has 1 aromatic heterocycles. The van der Waals surface area contributed by atoms with Gasteiger partial charge >= 0.3 is 6.03 Å². The maximum absolute atomic E-state index is 12.2. The first-order chi connectivity index (χ1) is 14.0. The summed E-state index contributed by atoms with van der Waals surface area (Å²) in [6.45, 7) is 7.03. The van der Waals surface area contributed by atoms with Gasteiger partial charge in [-0.05, 0) is 44.0 Å². The monoisotopic (exact) mass is 393 g/mol. The number of carbonyl (C=O) groups excluding carboxylic acids is 1. The van der Waals surface area contributed by atoms with E-state index in [1.54, 1.807) is 11.0 Å². The number of carbonyl (C=O) groups is 1. The number of aryl methyl sites for hydroxylation is 1. The number of benzene rings is 2. The molecule has 0 fully saturated rings. The van der Waals surface area contributed by atoms with Gasteiger partial charge in [-0.1, -0.05) is 42.0 Å². The van der Waals surface area contributed by atoms with E-state index < -0.39 is 0 Å². The van der Waals surface area contributed by atoms with Crippen molar-refractivity contribution < 1.29 is 9.53 Å². The molecule has 0 saturated carbocycles. The van der Waals surface area contributed by atoms with Crippen molar-refractivity contribution in [3.05, 3.63) is 77.9 Å². The van der Waals surface area contributed by atoms with Crippen molar-refractivity contribution in [2.75, 3.05) is 0 Å². The van der Waals surface area contributed by atoms with Crippen molar-refractivity contribution in [3.8, 4) is 5.75 Å². The van der Waals surface area contributed by atoms with Gasteiger partial charge in [0.25, 0.3) is 0 Å². The van der Waals surface area contributed by atoms with Crippen molar-refractivity contribution in [2.45, 2.75) is 46.0 Å². The largest absolute Gasteiger partial charge is 0.489 e. The number of urea groups is 1. The molecule has 7 nitrogen and oxygen atoms in total. The Balaban J connectivity index is 1.46. The van der Waals surface area contributed by atoms with E-state index in [0.717, 1.165) is 16.9 Å². The Bertz CT molecular complexity index is 909. The zero-order valence-corrected chi connectivity index (χ0v) is 17.0. The van der Waals surface area contributed by atoms with E-state index in [1.165, 1.54) is 11.9 Å². The van der Waals surface area contributed by atoms with Gasteiger partial charge in [-0.25, -0.2) is 9.78 Å². The Kier molecular flexibility index (Phi) is 6.84. The lowest BCUT2D eigenvalue weighted by molar-refractivity contribution is 0.233. The molecule has 29 heavy (non-hydrogen) atoms. The minimum Gasteiger partial charge on any atom is -0.489 e. The van der Waals surface area contributed by atoms with Gasteiger partial charge < -0.3 is 15.4 Å². The topological polar surface area (TPSA) is 81.1 Å². The van der Waals surface area contributed by atoms with Crippen molar-refractivity contribution in [1.82, 2.24) is 25.4 Å². The molecule has 0 unspecified atom stereocenters. The number of nitrogens with one attached hydrogen (secondary N) is 2. The number of nitrogens with zero attached hydrogens (tertiary/aromatic N) is 3. The molecule has 0 spiro atoms. The lowest BCUT2D eigenvalue weighted by Crippen LogP contribution is -2.43. The Hall–Kier alpha value is -3.35. The van der Waals surface area contributed by atoms with Crippen LogP contribution < -0.4 is 15.4 Å². The molecule has 0 radical (unpaired) electrons. The Morgan fingerprint density at radius 3 is 2.62 bits per heavy atom. The van der Waals surface area contributed by atoms with E-state index in [1.807, 2.05) is 44.2 Å². The van der Waals surface area contributed by atoms with Gasteiger partial charge in [0.15, 0.2) is 0 Å². The van der Waals surface area contributed by atoms with Gasteiger partial charge in [0.2, 0.25) is 0 Å². The summed E-state index contributed by atoms with van der Waals surface area (Å²) < 4.78 is 7.54. The molecule has 2 aromatic carbocycles. The van der Waals surface area contributed by atoms with Gasteiger partial charge in [-0.3, -0.25) is 4.68 Å². The standard InChI is InChI=1S/C22H27N5O2/c1-16-5-4-6-19(11-16)13-29-21-9-7-20(8-10-21)18(3)26-22(28)25-17(2)12-27-15-23-14-24-27/h4-11,14-15,17-18H,12-13H2,1-3H3,(H2,25,26,28)/t17-,18+/m1/s1. The van der Waals surface area contributed by atoms with Crippen LogP contribution in [0.1, 0.15) is 36.6 Å². The fraction of sp³-hybridized carbons (Fsp3) is 0.318. The van der Waals surface area contributed by atoms with Gasteiger partial charge in [-0.15, -0.1) is 0 Å². The maximum atomic E-state index is 12.2. The Morgan fingerprint density at radius 2 is 1.93 bits per heavy atom. The normalized spacial score (nSPS) is 12.8. The number of ether oxygens (including phenoxy) is 1. The summed E-state index contributed by atoms with van der Waals surface area (Å²) in [6, 6.07) is 15.6. The molecule has 0 aliphatic rings. The Labute approximate surface area is 171 Å². The van der Waals surface area contributed by atoms with Gasteiger partial charge in [0.05, 0.1) is 12.6 Å². The van der Waals surface area contributed by atoms with Gasteiger partial charge in [-0.2, -0.15) is 5.10 Å². The molecule has 7 heteroatoms. The highest BCUT2D eigenvalue weighted by atomic mass is 16.5. The van der Waals surface area contributed by atoms with Crippen LogP contribution in [-0.2, 0) is 13.2 Å². The SMILES string of the molecule is Cc1cccc(COc2ccc([C@H](C)NC(=O)N[C@H](C)Cn3cncn3)cc2)c1. The van der Waals surface area contributed by atoms with Crippen molar-refractivity contribution in [2.24, 2.45) is 0 Å². The van der Waals surface area contributed by atoms with E-state index in [4.69, 9.17) is 4.74 Å². The van der Waals surface area contributed by atoms with Crippen LogP contribution in [0.3, 0.4) is 0 Å². The lowest BCUT2D eigenvalue weighted by atomic mass is 10.1. The first-order valence-electron chi connectivity index (χ1n) is 9.67. The van der Waals surface area contributed by atoms with Crippen molar-refractivity contribution in [1.29, 1.82) is 0 Å². The number of rotatable bonds is 8. The van der Waals surface area contributed by atoms with Crippen LogP contribution in [0.4, 0.5) is 4.79 Å². The molecule has 0 aliphatic heterocycles. The van der Waals surface area contributed by atoms with Crippen LogP contribution >= 0.6 is 0 Å². The summed E-state index contributed by atoms with van der Waals surface area (Å²) in [4.78, 5) is 16.1. The number of hydrogen-bond donors (Lipinski definition) is 2. The third-order valence-corrected chi connectivity index (χ3v) is 4.52. The summed E-state index contributed by atoms with van der Waals surface area (Å²) >= 11 is 0. The zero-order chi connectivity index (χ0) is 20.6. The lowest BCUT2D eigenvalue weighted by Gasteiger charge is -2.18. The summed E-state index contributed by atoms with van der Waals surface area (Å²) in [5.74, 6) is 0.799. The molecule has 0 saturated heterocycles. The maximum Gasteiger partial charge on any atom is 0.315 e.